The molecule has 1 aromatic rings. The van der Waals surface area contributed by atoms with Gasteiger partial charge in [0.2, 0.25) is 0 Å². The van der Waals surface area contributed by atoms with Crippen molar-refractivity contribution in [1.29, 1.82) is 0 Å². The largest absolute Gasteiger partial charge is 0.371 e. The Kier molecular flexibility index (Phi) is 3.99. The summed E-state index contributed by atoms with van der Waals surface area (Å²) in [4.78, 5) is 16.2. The van der Waals surface area contributed by atoms with Gasteiger partial charge in [-0.3, -0.25) is 4.79 Å². The lowest BCUT2D eigenvalue weighted by molar-refractivity contribution is -0.138. The summed E-state index contributed by atoms with van der Waals surface area (Å²) in [7, 11) is 1.58. The number of aryl methyl sites for hydroxylation is 1. The number of carbonyl (C=O) groups excluding carboxylic acids is 1. The number of hydrogen-bond donors (Lipinski definition) is 0. The number of Topliss-reactive ketones (excluding diaryl/α,β-unsaturated/α-hetero) is 1. The van der Waals surface area contributed by atoms with Gasteiger partial charge in [0, 0.05) is 18.2 Å². The van der Waals surface area contributed by atoms with Crippen LogP contribution in [0.25, 0.3) is 0 Å². The molecular formula is C11H17NO2S. The van der Waals surface area contributed by atoms with Gasteiger partial charge in [0.05, 0.1) is 6.42 Å². The molecule has 0 aliphatic carbocycles. The van der Waals surface area contributed by atoms with Crippen molar-refractivity contribution in [3.8, 4) is 0 Å². The Bertz CT molecular complexity index is 342. The van der Waals surface area contributed by atoms with Crippen LogP contribution in [0.15, 0.2) is 5.38 Å². The summed E-state index contributed by atoms with van der Waals surface area (Å²) in [5.41, 5.74) is 0.304. The van der Waals surface area contributed by atoms with E-state index in [4.69, 9.17) is 4.74 Å². The van der Waals surface area contributed by atoms with Gasteiger partial charge in [0.15, 0.2) is 5.78 Å². The van der Waals surface area contributed by atoms with Crippen molar-refractivity contribution in [1.82, 2.24) is 4.98 Å². The van der Waals surface area contributed by atoms with E-state index in [1.165, 1.54) is 11.3 Å². The normalized spacial score (nSPS) is 14.9. The maximum atomic E-state index is 11.9. The lowest BCUT2D eigenvalue weighted by Crippen LogP contribution is -2.37. The van der Waals surface area contributed by atoms with E-state index >= 15 is 0 Å². The minimum atomic E-state index is -0.667. The number of nitrogens with zero attached hydrogens (tertiary/aromatic N) is 1. The molecule has 1 atom stereocenters. The Hall–Kier alpha value is -0.740. The lowest BCUT2D eigenvalue weighted by atomic mass is 9.95. The molecule has 0 bridgehead atoms. The highest BCUT2D eigenvalue weighted by molar-refractivity contribution is 7.09. The van der Waals surface area contributed by atoms with Crippen LogP contribution in [-0.4, -0.2) is 23.5 Å². The highest BCUT2D eigenvalue weighted by Gasteiger charge is 2.30. The molecule has 0 saturated heterocycles. The van der Waals surface area contributed by atoms with Crippen molar-refractivity contribution in [2.75, 3.05) is 7.11 Å². The molecule has 0 amide bonds. The third-order valence-electron chi connectivity index (χ3n) is 2.69. The third-order valence-corrected chi connectivity index (χ3v) is 3.66. The standard InChI is InChI=1S/C11H17NO2S/c1-5-11(3,14-4)9(13)6-10-12-8(2)7-15-10/h7H,5-6H2,1-4H3. The molecule has 15 heavy (non-hydrogen) atoms. The van der Waals surface area contributed by atoms with Crippen molar-refractivity contribution in [2.45, 2.75) is 39.2 Å². The summed E-state index contributed by atoms with van der Waals surface area (Å²) in [6.45, 7) is 5.71. The summed E-state index contributed by atoms with van der Waals surface area (Å²) >= 11 is 1.53. The van der Waals surface area contributed by atoms with Crippen LogP contribution in [0.4, 0.5) is 0 Å². The number of rotatable bonds is 5. The molecule has 0 radical (unpaired) electrons. The predicted octanol–water partition coefficient (Wildman–Crippen LogP) is 2.38. The third kappa shape index (κ3) is 2.86. The fourth-order valence-electron chi connectivity index (χ4n) is 1.26. The van der Waals surface area contributed by atoms with E-state index in [1.54, 1.807) is 7.11 Å². The van der Waals surface area contributed by atoms with E-state index in [2.05, 4.69) is 4.98 Å². The zero-order valence-electron chi connectivity index (χ0n) is 9.66. The van der Waals surface area contributed by atoms with E-state index in [9.17, 15) is 4.79 Å². The molecule has 0 aliphatic rings. The van der Waals surface area contributed by atoms with E-state index in [-0.39, 0.29) is 5.78 Å². The molecule has 1 aromatic heterocycles. The van der Waals surface area contributed by atoms with Crippen LogP contribution in [0, 0.1) is 6.92 Å². The Morgan fingerprint density at radius 1 is 1.67 bits per heavy atom. The quantitative estimate of drug-likeness (QED) is 0.775. The topological polar surface area (TPSA) is 39.2 Å². The number of hydrogen-bond acceptors (Lipinski definition) is 4. The second kappa shape index (κ2) is 4.86. The lowest BCUT2D eigenvalue weighted by Gasteiger charge is -2.24. The summed E-state index contributed by atoms with van der Waals surface area (Å²) < 4.78 is 5.26. The van der Waals surface area contributed by atoms with E-state index in [0.717, 1.165) is 10.7 Å². The second-order valence-corrected chi connectivity index (χ2v) is 4.71. The molecule has 0 spiro atoms. The number of ketones is 1. The zero-order valence-corrected chi connectivity index (χ0v) is 10.5. The Morgan fingerprint density at radius 3 is 2.73 bits per heavy atom. The number of ether oxygens (including phenoxy) is 1. The first kappa shape index (κ1) is 12.3. The maximum absolute atomic E-state index is 11.9. The zero-order chi connectivity index (χ0) is 11.5. The van der Waals surface area contributed by atoms with Gasteiger partial charge in [-0.2, -0.15) is 0 Å². The predicted molar refractivity (Wildman–Crippen MR) is 61.3 cm³/mol. The Balaban J connectivity index is 2.70. The van der Waals surface area contributed by atoms with E-state index < -0.39 is 5.60 Å². The number of methoxy groups -OCH3 is 1. The molecule has 1 unspecified atom stereocenters. The summed E-state index contributed by atoms with van der Waals surface area (Å²) in [5, 5.41) is 2.83. The summed E-state index contributed by atoms with van der Waals surface area (Å²) in [6, 6.07) is 0. The smallest absolute Gasteiger partial charge is 0.171 e. The number of carbonyl (C=O) groups is 1. The van der Waals surface area contributed by atoms with Crippen LogP contribution in [0.3, 0.4) is 0 Å². The van der Waals surface area contributed by atoms with Crippen molar-refractivity contribution in [3.05, 3.63) is 16.1 Å². The average molecular weight is 227 g/mol. The van der Waals surface area contributed by atoms with Gasteiger partial charge >= 0.3 is 0 Å². The average Bonchev–Trinajstić information content (AvgIpc) is 2.62. The van der Waals surface area contributed by atoms with E-state index in [0.29, 0.717) is 12.8 Å². The number of thiazole rings is 1. The van der Waals surface area contributed by atoms with Gasteiger partial charge in [-0.15, -0.1) is 11.3 Å². The summed E-state index contributed by atoms with van der Waals surface area (Å²) in [5.74, 6) is 0.0989. The molecule has 4 heteroatoms. The van der Waals surface area contributed by atoms with Crippen molar-refractivity contribution >= 4 is 17.1 Å². The highest BCUT2D eigenvalue weighted by atomic mass is 32.1. The van der Waals surface area contributed by atoms with Crippen LogP contribution in [0.1, 0.15) is 31.0 Å². The molecular weight excluding hydrogens is 210 g/mol. The molecule has 3 nitrogen and oxygen atoms in total. The van der Waals surface area contributed by atoms with Crippen molar-refractivity contribution in [2.24, 2.45) is 0 Å². The van der Waals surface area contributed by atoms with Crippen LogP contribution < -0.4 is 0 Å². The Labute approximate surface area is 94.5 Å². The molecule has 84 valence electrons. The highest BCUT2D eigenvalue weighted by Crippen LogP contribution is 2.19. The minimum Gasteiger partial charge on any atom is -0.371 e. The first-order valence-corrected chi connectivity index (χ1v) is 5.89. The number of aromatic nitrogens is 1. The molecule has 0 N–H and O–H groups in total. The van der Waals surface area contributed by atoms with Crippen LogP contribution in [-0.2, 0) is 16.0 Å². The minimum absolute atomic E-state index is 0.0989. The van der Waals surface area contributed by atoms with Gasteiger partial charge in [0.25, 0.3) is 0 Å². The van der Waals surface area contributed by atoms with Crippen molar-refractivity contribution < 1.29 is 9.53 Å². The van der Waals surface area contributed by atoms with Gasteiger partial charge in [0.1, 0.15) is 10.6 Å². The second-order valence-electron chi connectivity index (χ2n) is 3.77. The maximum Gasteiger partial charge on any atom is 0.171 e. The van der Waals surface area contributed by atoms with Crippen LogP contribution in [0.5, 0.6) is 0 Å². The Morgan fingerprint density at radius 2 is 2.33 bits per heavy atom. The fraction of sp³-hybridized carbons (Fsp3) is 0.636. The van der Waals surface area contributed by atoms with Gasteiger partial charge < -0.3 is 4.74 Å². The molecule has 1 heterocycles. The van der Waals surface area contributed by atoms with Gasteiger partial charge in [-0.25, -0.2) is 4.98 Å². The first-order valence-electron chi connectivity index (χ1n) is 5.01. The SMILES string of the molecule is CCC(C)(OC)C(=O)Cc1nc(C)cs1. The van der Waals surface area contributed by atoms with Crippen LogP contribution >= 0.6 is 11.3 Å². The molecule has 1 rings (SSSR count). The van der Waals surface area contributed by atoms with E-state index in [1.807, 2.05) is 26.2 Å². The first-order chi connectivity index (χ1) is 7.01. The van der Waals surface area contributed by atoms with Gasteiger partial charge in [-0.1, -0.05) is 6.92 Å². The molecule has 0 fully saturated rings. The van der Waals surface area contributed by atoms with Crippen molar-refractivity contribution in [3.63, 3.8) is 0 Å². The fourth-order valence-corrected chi connectivity index (χ4v) is 2.03. The summed E-state index contributed by atoms with van der Waals surface area (Å²) in [6.07, 6.45) is 1.06. The molecule has 0 saturated carbocycles. The van der Waals surface area contributed by atoms with Crippen LogP contribution in [0.2, 0.25) is 0 Å². The molecule has 0 aromatic carbocycles. The monoisotopic (exact) mass is 227 g/mol. The van der Waals surface area contributed by atoms with Gasteiger partial charge in [-0.05, 0) is 20.3 Å². The molecule has 0 aliphatic heterocycles.